The SMILES string of the molecule is COCCC1(c2noc(-c3cccnc3)n2)CCN(Cc2cnn(C(C)C)c2)CC1. The topological polar surface area (TPSA) is 82.1 Å². The van der Waals surface area contributed by atoms with Crippen LogP contribution in [0.15, 0.2) is 41.4 Å². The van der Waals surface area contributed by atoms with E-state index >= 15 is 0 Å². The van der Waals surface area contributed by atoms with Gasteiger partial charge in [-0.1, -0.05) is 5.16 Å². The van der Waals surface area contributed by atoms with Gasteiger partial charge in [-0.2, -0.15) is 10.1 Å². The normalized spacial score (nSPS) is 16.9. The maximum atomic E-state index is 5.59. The summed E-state index contributed by atoms with van der Waals surface area (Å²) in [7, 11) is 1.74. The van der Waals surface area contributed by atoms with Gasteiger partial charge in [0.25, 0.3) is 5.89 Å². The fourth-order valence-corrected chi connectivity index (χ4v) is 4.07. The van der Waals surface area contributed by atoms with E-state index in [1.807, 2.05) is 23.0 Å². The Hall–Kier alpha value is -2.58. The minimum absolute atomic E-state index is 0.126. The van der Waals surface area contributed by atoms with Gasteiger partial charge in [0.1, 0.15) is 0 Å². The number of likely N-dealkylation sites (tertiary alicyclic amines) is 1. The summed E-state index contributed by atoms with van der Waals surface area (Å²) in [5.41, 5.74) is 1.97. The molecule has 4 heterocycles. The lowest BCUT2D eigenvalue weighted by Gasteiger charge is -2.39. The van der Waals surface area contributed by atoms with Gasteiger partial charge < -0.3 is 9.26 Å². The van der Waals surface area contributed by atoms with E-state index in [9.17, 15) is 0 Å². The first kappa shape index (κ1) is 20.7. The summed E-state index contributed by atoms with van der Waals surface area (Å²) >= 11 is 0. The highest BCUT2D eigenvalue weighted by molar-refractivity contribution is 5.50. The first-order valence-electron chi connectivity index (χ1n) is 10.6. The van der Waals surface area contributed by atoms with Crippen molar-refractivity contribution in [1.82, 2.24) is 29.8 Å². The summed E-state index contributed by atoms with van der Waals surface area (Å²) in [6, 6.07) is 4.19. The van der Waals surface area contributed by atoms with Gasteiger partial charge in [-0.15, -0.1) is 0 Å². The van der Waals surface area contributed by atoms with Crippen LogP contribution in [-0.4, -0.2) is 56.6 Å². The van der Waals surface area contributed by atoms with Crippen molar-refractivity contribution in [2.45, 2.75) is 51.1 Å². The zero-order chi connectivity index (χ0) is 21.0. The molecule has 8 heteroatoms. The van der Waals surface area contributed by atoms with Crippen LogP contribution in [0.4, 0.5) is 0 Å². The van der Waals surface area contributed by atoms with Gasteiger partial charge in [0.05, 0.1) is 11.8 Å². The van der Waals surface area contributed by atoms with Crippen LogP contribution in [-0.2, 0) is 16.7 Å². The molecule has 160 valence electrons. The quantitative estimate of drug-likeness (QED) is 0.562. The number of ether oxygens (including phenoxy) is 1. The van der Waals surface area contributed by atoms with Gasteiger partial charge in [0.2, 0.25) is 0 Å². The third-order valence-electron chi connectivity index (χ3n) is 6.00. The number of nitrogens with zero attached hydrogens (tertiary/aromatic N) is 6. The van der Waals surface area contributed by atoms with Crippen LogP contribution >= 0.6 is 0 Å². The number of aromatic nitrogens is 5. The number of pyridine rings is 1. The maximum absolute atomic E-state index is 5.59. The first-order valence-corrected chi connectivity index (χ1v) is 10.6. The van der Waals surface area contributed by atoms with Crippen molar-refractivity contribution in [3.8, 4) is 11.5 Å². The second kappa shape index (κ2) is 9.06. The van der Waals surface area contributed by atoms with E-state index in [2.05, 4.69) is 40.2 Å². The summed E-state index contributed by atoms with van der Waals surface area (Å²) < 4.78 is 13.0. The van der Waals surface area contributed by atoms with E-state index in [4.69, 9.17) is 14.2 Å². The molecule has 0 spiro atoms. The van der Waals surface area contributed by atoms with Crippen molar-refractivity contribution >= 4 is 0 Å². The highest BCUT2D eigenvalue weighted by Crippen LogP contribution is 2.38. The number of hydrogen-bond acceptors (Lipinski definition) is 7. The molecule has 8 nitrogen and oxygen atoms in total. The lowest BCUT2D eigenvalue weighted by molar-refractivity contribution is 0.103. The third-order valence-corrected chi connectivity index (χ3v) is 6.00. The predicted octanol–water partition coefficient (Wildman–Crippen LogP) is 3.48. The van der Waals surface area contributed by atoms with Crippen LogP contribution in [0.2, 0.25) is 0 Å². The molecule has 4 rings (SSSR count). The number of piperidine rings is 1. The van der Waals surface area contributed by atoms with Crippen LogP contribution < -0.4 is 0 Å². The zero-order valence-electron chi connectivity index (χ0n) is 18.0. The van der Waals surface area contributed by atoms with E-state index in [0.29, 0.717) is 18.5 Å². The molecule has 0 radical (unpaired) electrons. The molecule has 1 aliphatic heterocycles. The summed E-state index contributed by atoms with van der Waals surface area (Å²) in [6.07, 6.45) is 10.4. The molecule has 0 saturated carbocycles. The Morgan fingerprint density at radius 2 is 2.07 bits per heavy atom. The minimum atomic E-state index is -0.126. The summed E-state index contributed by atoms with van der Waals surface area (Å²) in [5, 5.41) is 8.84. The number of rotatable bonds is 8. The highest BCUT2D eigenvalue weighted by Gasteiger charge is 2.40. The average molecular weight is 411 g/mol. The van der Waals surface area contributed by atoms with Crippen LogP contribution in [0.3, 0.4) is 0 Å². The average Bonchev–Trinajstić information content (AvgIpc) is 3.45. The molecule has 0 aliphatic carbocycles. The van der Waals surface area contributed by atoms with Crippen LogP contribution in [0, 0.1) is 0 Å². The monoisotopic (exact) mass is 410 g/mol. The second-order valence-electron chi connectivity index (χ2n) is 8.39. The first-order chi connectivity index (χ1) is 14.6. The molecular weight excluding hydrogens is 380 g/mol. The number of methoxy groups -OCH3 is 1. The molecule has 3 aromatic heterocycles. The lowest BCUT2D eigenvalue weighted by Crippen LogP contribution is -2.43. The number of hydrogen-bond donors (Lipinski definition) is 0. The zero-order valence-corrected chi connectivity index (χ0v) is 18.0. The van der Waals surface area contributed by atoms with Gasteiger partial charge in [-0.25, -0.2) is 0 Å². The summed E-state index contributed by atoms with van der Waals surface area (Å²) in [6.45, 7) is 7.85. The van der Waals surface area contributed by atoms with E-state index in [-0.39, 0.29) is 5.41 Å². The fourth-order valence-electron chi connectivity index (χ4n) is 4.07. The fraction of sp³-hybridized carbons (Fsp3) is 0.545. The van der Waals surface area contributed by atoms with E-state index in [1.54, 1.807) is 19.5 Å². The highest BCUT2D eigenvalue weighted by atomic mass is 16.5. The standard InChI is InChI=1S/C22H30N6O2/c1-17(2)28-16-18(13-24-28)15-27-10-6-22(7-11-27,8-12-29-3)21-25-20(30-26-21)19-5-4-9-23-14-19/h4-5,9,13-14,16-17H,6-8,10-12,15H2,1-3H3. The lowest BCUT2D eigenvalue weighted by atomic mass is 9.75. The molecule has 0 bridgehead atoms. The largest absolute Gasteiger partial charge is 0.385 e. The molecule has 1 fully saturated rings. The van der Waals surface area contributed by atoms with E-state index in [0.717, 1.165) is 50.3 Å². The molecule has 1 aliphatic rings. The van der Waals surface area contributed by atoms with Crippen molar-refractivity contribution in [1.29, 1.82) is 0 Å². The molecule has 1 saturated heterocycles. The Kier molecular flexibility index (Phi) is 6.24. The molecule has 0 N–H and O–H groups in total. The van der Waals surface area contributed by atoms with E-state index < -0.39 is 0 Å². The third kappa shape index (κ3) is 4.44. The maximum Gasteiger partial charge on any atom is 0.259 e. The summed E-state index contributed by atoms with van der Waals surface area (Å²) in [4.78, 5) is 11.4. The Morgan fingerprint density at radius 3 is 2.73 bits per heavy atom. The summed E-state index contributed by atoms with van der Waals surface area (Å²) in [5.74, 6) is 1.31. The van der Waals surface area contributed by atoms with Gasteiger partial charge in [0, 0.05) is 55.9 Å². The Bertz CT molecular complexity index is 928. The second-order valence-corrected chi connectivity index (χ2v) is 8.39. The smallest absolute Gasteiger partial charge is 0.259 e. The van der Waals surface area contributed by atoms with E-state index in [1.165, 1.54) is 5.56 Å². The van der Waals surface area contributed by atoms with Crippen molar-refractivity contribution in [3.05, 3.63) is 48.3 Å². The van der Waals surface area contributed by atoms with Crippen LogP contribution in [0.5, 0.6) is 0 Å². The van der Waals surface area contributed by atoms with Gasteiger partial charge >= 0.3 is 0 Å². The molecule has 30 heavy (non-hydrogen) atoms. The molecule has 0 aromatic carbocycles. The van der Waals surface area contributed by atoms with Crippen LogP contribution in [0.1, 0.15) is 50.5 Å². The van der Waals surface area contributed by atoms with Gasteiger partial charge in [-0.05, 0) is 58.3 Å². The van der Waals surface area contributed by atoms with Crippen molar-refractivity contribution in [3.63, 3.8) is 0 Å². The molecule has 3 aromatic rings. The Balaban J connectivity index is 1.46. The molecular formula is C22H30N6O2. The van der Waals surface area contributed by atoms with Crippen molar-refractivity contribution in [2.75, 3.05) is 26.8 Å². The Labute approximate surface area is 177 Å². The molecule has 0 amide bonds. The minimum Gasteiger partial charge on any atom is -0.385 e. The molecule has 0 atom stereocenters. The predicted molar refractivity (Wildman–Crippen MR) is 113 cm³/mol. The van der Waals surface area contributed by atoms with Gasteiger partial charge in [-0.3, -0.25) is 14.6 Å². The Morgan fingerprint density at radius 1 is 1.23 bits per heavy atom. The molecule has 0 unspecified atom stereocenters. The van der Waals surface area contributed by atoms with Crippen molar-refractivity contribution in [2.24, 2.45) is 0 Å². The van der Waals surface area contributed by atoms with Gasteiger partial charge in [0.15, 0.2) is 5.82 Å². The van der Waals surface area contributed by atoms with Crippen molar-refractivity contribution < 1.29 is 9.26 Å². The van der Waals surface area contributed by atoms with Crippen LogP contribution in [0.25, 0.3) is 11.5 Å².